The fourth-order valence-corrected chi connectivity index (χ4v) is 1.78. The summed E-state index contributed by atoms with van der Waals surface area (Å²) in [6.07, 6.45) is 2.59. The van der Waals surface area contributed by atoms with E-state index in [-0.39, 0.29) is 23.5 Å². The van der Waals surface area contributed by atoms with Crippen molar-refractivity contribution in [1.29, 1.82) is 0 Å². The molecule has 0 saturated carbocycles. The minimum atomic E-state index is -0.282. The first-order valence-corrected chi connectivity index (χ1v) is 5.58. The average molecular weight is 255 g/mol. The molecule has 1 aliphatic heterocycles. The number of rotatable bonds is 3. The number of hydrogen-bond acceptors (Lipinski definition) is 4. The van der Waals surface area contributed by atoms with Crippen LogP contribution < -0.4 is 5.32 Å². The summed E-state index contributed by atoms with van der Waals surface area (Å²) in [6, 6.07) is 1.45. The molecular weight excluding hydrogens is 244 g/mol. The van der Waals surface area contributed by atoms with Crippen LogP contribution in [0.2, 0.25) is 5.15 Å². The van der Waals surface area contributed by atoms with Crippen LogP contribution in [0.25, 0.3) is 0 Å². The Hall–Kier alpha value is -1.69. The van der Waals surface area contributed by atoms with E-state index in [9.17, 15) is 9.59 Å². The Labute approximate surface area is 103 Å². The first-order valence-electron chi connectivity index (χ1n) is 5.20. The second kappa shape index (κ2) is 5.09. The highest BCUT2D eigenvalue weighted by Gasteiger charge is 2.22. The number of carbonyl (C=O) groups excluding carboxylic acids is 2. The van der Waals surface area contributed by atoms with Gasteiger partial charge in [0.25, 0.3) is 0 Å². The molecule has 1 aromatic heterocycles. The van der Waals surface area contributed by atoms with Gasteiger partial charge in [0.05, 0.1) is 6.54 Å². The van der Waals surface area contributed by atoms with E-state index < -0.39 is 0 Å². The Morgan fingerprint density at radius 3 is 3.00 bits per heavy atom. The maximum Gasteiger partial charge on any atom is 0.245 e. The molecule has 1 aliphatic rings. The zero-order valence-corrected chi connectivity index (χ0v) is 9.78. The molecule has 2 amide bonds. The van der Waals surface area contributed by atoms with E-state index in [0.29, 0.717) is 18.8 Å². The van der Waals surface area contributed by atoms with Gasteiger partial charge in [-0.2, -0.15) is 0 Å². The van der Waals surface area contributed by atoms with Gasteiger partial charge in [-0.3, -0.25) is 9.59 Å². The van der Waals surface area contributed by atoms with Crippen molar-refractivity contribution in [3.63, 3.8) is 0 Å². The predicted molar refractivity (Wildman–Crippen MR) is 61.5 cm³/mol. The molecule has 0 aromatic carbocycles. The fourth-order valence-electron chi connectivity index (χ4n) is 1.63. The van der Waals surface area contributed by atoms with Crippen LogP contribution in [-0.4, -0.2) is 39.8 Å². The number of nitrogens with zero attached hydrogens (tertiary/aromatic N) is 3. The van der Waals surface area contributed by atoms with E-state index in [2.05, 4.69) is 15.3 Å². The van der Waals surface area contributed by atoms with Crippen molar-refractivity contribution in [3.8, 4) is 0 Å². The summed E-state index contributed by atoms with van der Waals surface area (Å²) in [5.74, 6) is 0.0672. The van der Waals surface area contributed by atoms with Gasteiger partial charge in [0.15, 0.2) is 0 Å². The summed E-state index contributed by atoms with van der Waals surface area (Å²) < 4.78 is 0. The molecule has 1 N–H and O–H groups in total. The van der Waals surface area contributed by atoms with Gasteiger partial charge < -0.3 is 10.2 Å². The standard InChI is InChI=1S/C10H11ClN4O2/c11-7-4-8(13-6-12-7)14-9(16)5-15-3-1-2-10(15)17/h4,6H,1-3,5H2,(H,12,13,14,16). The zero-order chi connectivity index (χ0) is 12.3. The lowest BCUT2D eigenvalue weighted by Gasteiger charge is -2.14. The molecule has 1 aromatic rings. The number of hydrogen-bond donors (Lipinski definition) is 1. The number of anilines is 1. The summed E-state index contributed by atoms with van der Waals surface area (Å²) in [7, 11) is 0. The minimum Gasteiger partial charge on any atom is -0.333 e. The molecule has 0 atom stereocenters. The van der Waals surface area contributed by atoms with Crippen molar-refractivity contribution in [2.75, 3.05) is 18.4 Å². The number of aromatic nitrogens is 2. The van der Waals surface area contributed by atoms with Crippen molar-refractivity contribution >= 4 is 29.2 Å². The lowest BCUT2D eigenvalue weighted by molar-refractivity contribution is -0.131. The van der Waals surface area contributed by atoms with Crippen molar-refractivity contribution in [2.24, 2.45) is 0 Å². The third kappa shape index (κ3) is 3.13. The van der Waals surface area contributed by atoms with E-state index >= 15 is 0 Å². The number of carbonyl (C=O) groups is 2. The Kier molecular flexibility index (Phi) is 3.53. The first kappa shape index (κ1) is 11.8. The Bertz CT molecular complexity index is 452. The van der Waals surface area contributed by atoms with Crippen LogP contribution in [0.15, 0.2) is 12.4 Å². The van der Waals surface area contributed by atoms with Gasteiger partial charge in [-0.25, -0.2) is 9.97 Å². The molecule has 0 radical (unpaired) electrons. The lowest BCUT2D eigenvalue weighted by atomic mass is 10.4. The minimum absolute atomic E-state index is 0.0147. The summed E-state index contributed by atoms with van der Waals surface area (Å²) in [6.45, 7) is 0.692. The molecule has 6 nitrogen and oxygen atoms in total. The third-order valence-corrected chi connectivity index (χ3v) is 2.61. The van der Waals surface area contributed by atoms with Crippen LogP contribution in [-0.2, 0) is 9.59 Å². The highest BCUT2D eigenvalue weighted by atomic mass is 35.5. The van der Waals surface area contributed by atoms with Crippen LogP contribution in [0.5, 0.6) is 0 Å². The number of amides is 2. The van der Waals surface area contributed by atoms with Gasteiger partial charge in [0.2, 0.25) is 11.8 Å². The largest absolute Gasteiger partial charge is 0.333 e. The maximum atomic E-state index is 11.6. The normalized spacial score (nSPS) is 15.1. The second-order valence-corrected chi connectivity index (χ2v) is 4.08. The van der Waals surface area contributed by atoms with Gasteiger partial charge in [-0.15, -0.1) is 0 Å². The van der Waals surface area contributed by atoms with E-state index in [1.807, 2.05) is 0 Å². The molecule has 0 unspecified atom stereocenters. The second-order valence-electron chi connectivity index (χ2n) is 3.69. The molecule has 0 bridgehead atoms. The highest BCUT2D eigenvalue weighted by Crippen LogP contribution is 2.11. The molecular formula is C10H11ClN4O2. The Morgan fingerprint density at radius 2 is 2.35 bits per heavy atom. The SMILES string of the molecule is O=C(CN1CCCC1=O)Nc1cc(Cl)ncn1. The van der Waals surface area contributed by atoms with Gasteiger partial charge in [0.1, 0.15) is 17.3 Å². The third-order valence-electron chi connectivity index (χ3n) is 2.41. The van der Waals surface area contributed by atoms with Crippen molar-refractivity contribution in [1.82, 2.24) is 14.9 Å². The number of halogens is 1. The van der Waals surface area contributed by atoms with Crippen LogP contribution >= 0.6 is 11.6 Å². The zero-order valence-electron chi connectivity index (χ0n) is 9.02. The topological polar surface area (TPSA) is 75.2 Å². The molecule has 2 rings (SSSR count). The number of nitrogens with one attached hydrogen (secondary N) is 1. The van der Waals surface area contributed by atoms with E-state index in [0.717, 1.165) is 6.42 Å². The predicted octanol–water partition coefficient (Wildman–Crippen LogP) is 0.691. The maximum absolute atomic E-state index is 11.6. The Balaban J connectivity index is 1.91. The molecule has 7 heteroatoms. The summed E-state index contributed by atoms with van der Waals surface area (Å²) in [5, 5.41) is 2.82. The average Bonchev–Trinajstić information content (AvgIpc) is 2.64. The Morgan fingerprint density at radius 1 is 1.53 bits per heavy atom. The molecule has 90 valence electrons. The summed E-state index contributed by atoms with van der Waals surface area (Å²) >= 11 is 5.65. The van der Waals surface area contributed by atoms with E-state index in [1.165, 1.54) is 17.3 Å². The van der Waals surface area contributed by atoms with Crippen molar-refractivity contribution < 1.29 is 9.59 Å². The van der Waals surface area contributed by atoms with Crippen molar-refractivity contribution in [2.45, 2.75) is 12.8 Å². The molecule has 17 heavy (non-hydrogen) atoms. The molecule has 0 spiro atoms. The fraction of sp³-hybridized carbons (Fsp3) is 0.400. The summed E-state index contributed by atoms with van der Waals surface area (Å²) in [5.41, 5.74) is 0. The van der Waals surface area contributed by atoms with Gasteiger partial charge in [-0.05, 0) is 6.42 Å². The number of likely N-dealkylation sites (tertiary alicyclic amines) is 1. The van der Waals surface area contributed by atoms with E-state index in [4.69, 9.17) is 11.6 Å². The van der Waals surface area contributed by atoms with Gasteiger partial charge in [-0.1, -0.05) is 11.6 Å². The molecule has 1 saturated heterocycles. The van der Waals surface area contributed by atoms with Crippen LogP contribution in [0, 0.1) is 0 Å². The first-order chi connectivity index (χ1) is 8.15. The lowest BCUT2D eigenvalue weighted by Crippen LogP contribution is -2.34. The van der Waals surface area contributed by atoms with E-state index in [1.54, 1.807) is 0 Å². The van der Waals surface area contributed by atoms with Gasteiger partial charge in [0, 0.05) is 19.0 Å². The quantitative estimate of drug-likeness (QED) is 0.806. The molecule has 1 fully saturated rings. The monoisotopic (exact) mass is 254 g/mol. The molecule has 0 aliphatic carbocycles. The van der Waals surface area contributed by atoms with Crippen LogP contribution in [0.4, 0.5) is 5.82 Å². The van der Waals surface area contributed by atoms with Gasteiger partial charge >= 0.3 is 0 Å². The smallest absolute Gasteiger partial charge is 0.245 e. The van der Waals surface area contributed by atoms with Crippen LogP contribution in [0.1, 0.15) is 12.8 Å². The van der Waals surface area contributed by atoms with Crippen molar-refractivity contribution in [3.05, 3.63) is 17.5 Å². The summed E-state index contributed by atoms with van der Waals surface area (Å²) in [4.78, 5) is 32.0. The molecule has 2 heterocycles. The van der Waals surface area contributed by atoms with Crippen LogP contribution in [0.3, 0.4) is 0 Å². The highest BCUT2D eigenvalue weighted by molar-refractivity contribution is 6.29.